The zero-order valence-corrected chi connectivity index (χ0v) is 14.6. The third kappa shape index (κ3) is 3.10. The molecule has 7 heteroatoms. The van der Waals surface area contributed by atoms with Gasteiger partial charge in [0, 0.05) is 20.3 Å². The average Bonchev–Trinajstić information content (AvgIpc) is 2.91. The Kier molecular flexibility index (Phi) is 4.51. The zero-order chi connectivity index (χ0) is 17.4. The van der Waals surface area contributed by atoms with E-state index in [4.69, 9.17) is 0 Å². The lowest BCUT2D eigenvalue weighted by atomic mass is 10.1. The summed E-state index contributed by atoms with van der Waals surface area (Å²) in [5, 5.41) is 0. The van der Waals surface area contributed by atoms with Crippen LogP contribution in [0, 0.1) is 13.8 Å². The quantitative estimate of drug-likeness (QED) is 0.803. The number of aryl methyl sites for hydroxylation is 3. The number of hydrogen-bond acceptors (Lipinski definition) is 4. The van der Waals surface area contributed by atoms with Gasteiger partial charge in [-0.05, 0) is 43.2 Å². The molecule has 0 aliphatic rings. The van der Waals surface area contributed by atoms with Crippen LogP contribution < -0.4 is 4.31 Å². The predicted octanol–water partition coefficient (Wildman–Crippen LogP) is 2.25. The normalized spacial score (nSPS) is 11.3. The van der Waals surface area contributed by atoms with E-state index < -0.39 is 16.0 Å². The first-order chi connectivity index (χ1) is 10.7. The van der Waals surface area contributed by atoms with Crippen LogP contribution in [0.5, 0.6) is 0 Å². The van der Waals surface area contributed by atoms with Gasteiger partial charge in [0.05, 0.1) is 12.8 Å². The van der Waals surface area contributed by atoms with Crippen molar-refractivity contribution in [2.45, 2.75) is 18.7 Å². The zero-order valence-electron chi connectivity index (χ0n) is 13.8. The predicted molar refractivity (Wildman–Crippen MR) is 88.3 cm³/mol. The number of methoxy groups -OCH3 is 1. The third-order valence-electron chi connectivity index (χ3n) is 3.89. The van der Waals surface area contributed by atoms with Gasteiger partial charge >= 0.3 is 5.97 Å². The van der Waals surface area contributed by atoms with E-state index in [1.54, 1.807) is 13.1 Å². The lowest BCUT2D eigenvalue weighted by molar-refractivity contribution is 0.0590. The molecule has 0 radical (unpaired) electrons. The van der Waals surface area contributed by atoms with Crippen LogP contribution in [0.1, 0.15) is 21.6 Å². The summed E-state index contributed by atoms with van der Waals surface area (Å²) in [4.78, 5) is 11.7. The van der Waals surface area contributed by atoms with E-state index in [1.807, 2.05) is 26.0 Å². The number of anilines is 1. The first-order valence-corrected chi connectivity index (χ1v) is 8.43. The van der Waals surface area contributed by atoms with Crippen LogP contribution in [-0.2, 0) is 21.8 Å². The van der Waals surface area contributed by atoms with Crippen LogP contribution in [0.2, 0.25) is 0 Å². The van der Waals surface area contributed by atoms with Crippen molar-refractivity contribution in [3.05, 3.63) is 47.3 Å². The number of carbonyl (C=O) groups excluding carboxylic acids is 1. The minimum atomic E-state index is -3.76. The Balaban J connectivity index is 2.45. The molecule has 0 saturated carbocycles. The molecule has 0 bridgehead atoms. The van der Waals surface area contributed by atoms with E-state index in [0.29, 0.717) is 5.69 Å². The second-order valence-electron chi connectivity index (χ2n) is 5.40. The van der Waals surface area contributed by atoms with E-state index in [-0.39, 0.29) is 10.6 Å². The van der Waals surface area contributed by atoms with Gasteiger partial charge in [0.15, 0.2) is 0 Å². The fourth-order valence-corrected chi connectivity index (χ4v) is 3.46. The summed E-state index contributed by atoms with van der Waals surface area (Å²) in [6.07, 6.45) is 1.40. The molecule has 2 aromatic rings. The molecule has 1 aromatic carbocycles. The van der Waals surface area contributed by atoms with E-state index in [9.17, 15) is 13.2 Å². The van der Waals surface area contributed by atoms with Gasteiger partial charge in [0.2, 0.25) is 0 Å². The summed E-state index contributed by atoms with van der Waals surface area (Å²) < 4.78 is 32.8. The highest BCUT2D eigenvalue weighted by Gasteiger charge is 2.25. The van der Waals surface area contributed by atoms with E-state index in [0.717, 1.165) is 11.1 Å². The van der Waals surface area contributed by atoms with Gasteiger partial charge in [-0.1, -0.05) is 6.07 Å². The highest BCUT2D eigenvalue weighted by molar-refractivity contribution is 7.92. The molecule has 6 nitrogen and oxygen atoms in total. The Labute approximate surface area is 136 Å². The largest absolute Gasteiger partial charge is 0.464 e. The maximum Gasteiger partial charge on any atom is 0.354 e. The number of carbonyl (C=O) groups is 1. The number of hydrogen-bond donors (Lipinski definition) is 0. The number of benzene rings is 1. The highest BCUT2D eigenvalue weighted by atomic mass is 32.2. The topological polar surface area (TPSA) is 68.6 Å². The maximum atomic E-state index is 12.8. The summed E-state index contributed by atoms with van der Waals surface area (Å²) in [6, 6.07) is 6.77. The molecule has 0 amide bonds. The Hall–Kier alpha value is -2.28. The van der Waals surface area contributed by atoms with Gasteiger partial charge < -0.3 is 9.30 Å². The number of esters is 1. The summed E-state index contributed by atoms with van der Waals surface area (Å²) in [6.45, 7) is 3.89. The van der Waals surface area contributed by atoms with Crippen LogP contribution in [0.3, 0.4) is 0 Å². The highest BCUT2D eigenvalue weighted by Crippen LogP contribution is 2.25. The number of nitrogens with zero attached hydrogens (tertiary/aromatic N) is 2. The summed E-state index contributed by atoms with van der Waals surface area (Å²) in [5.74, 6) is -0.581. The van der Waals surface area contributed by atoms with Crippen molar-refractivity contribution < 1.29 is 17.9 Å². The van der Waals surface area contributed by atoms with Gasteiger partial charge in [-0.3, -0.25) is 4.31 Å². The van der Waals surface area contributed by atoms with E-state index in [2.05, 4.69) is 4.74 Å². The Morgan fingerprint density at radius 2 is 1.83 bits per heavy atom. The molecule has 0 N–H and O–H groups in total. The number of rotatable bonds is 4. The van der Waals surface area contributed by atoms with Gasteiger partial charge in [0.1, 0.15) is 10.6 Å². The lowest BCUT2D eigenvalue weighted by Crippen LogP contribution is -2.26. The fourth-order valence-electron chi connectivity index (χ4n) is 2.20. The molecule has 0 fully saturated rings. The molecule has 23 heavy (non-hydrogen) atoms. The van der Waals surface area contributed by atoms with E-state index in [1.165, 1.54) is 35.3 Å². The molecule has 0 saturated heterocycles. The second kappa shape index (κ2) is 6.08. The molecule has 1 heterocycles. The van der Waals surface area contributed by atoms with Crippen molar-refractivity contribution in [3.8, 4) is 0 Å². The average molecular weight is 336 g/mol. The molecule has 1 aromatic heterocycles. The van der Waals surface area contributed by atoms with Crippen LogP contribution >= 0.6 is 0 Å². The number of ether oxygens (including phenoxy) is 1. The standard InChI is InChI=1S/C16H20N2O4S/c1-11-6-7-13(8-12(11)2)18(4)23(20,21)14-9-15(16(19)22-5)17(3)10-14/h6-10H,1-5H3. The minimum Gasteiger partial charge on any atom is -0.464 e. The monoisotopic (exact) mass is 336 g/mol. The van der Waals surface area contributed by atoms with Gasteiger partial charge in [-0.15, -0.1) is 0 Å². The number of aromatic nitrogens is 1. The molecular weight excluding hydrogens is 316 g/mol. The van der Waals surface area contributed by atoms with Crippen molar-refractivity contribution in [2.24, 2.45) is 7.05 Å². The van der Waals surface area contributed by atoms with Crippen molar-refractivity contribution >= 4 is 21.7 Å². The molecule has 0 atom stereocenters. The van der Waals surface area contributed by atoms with Gasteiger partial charge in [-0.25, -0.2) is 13.2 Å². The molecule has 0 aliphatic carbocycles. The summed E-state index contributed by atoms with van der Waals surface area (Å²) >= 11 is 0. The van der Waals surface area contributed by atoms with Gasteiger partial charge in [0.25, 0.3) is 10.0 Å². The molecule has 0 aliphatic heterocycles. The summed E-state index contributed by atoms with van der Waals surface area (Å²) in [7, 11) is 0.583. The lowest BCUT2D eigenvalue weighted by Gasteiger charge is -2.19. The van der Waals surface area contributed by atoms with Crippen LogP contribution in [0.25, 0.3) is 0 Å². The van der Waals surface area contributed by atoms with Crippen molar-refractivity contribution in [1.82, 2.24) is 4.57 Å². The maximum absolute atomic E-state index is 12.8. The molecule has 0 unspecified atom stereocenters. The molecule has 2 rings (SSSR count). The first-order valence-electron chi connectivity index (χ1n) is 6.99. The van der Waals surface area contributed by atoms with Crippen LogP contribution in [0.4, 0.5) is 5.69 Å². The summed E-state index contributed by atoms with van der Waals surface area (Å²) in [5.41, 5.74) is 2.84. The number of sulfonamides is 1. The Bertz CT molecular complexity index is 853. The van der Waals surface area contributed by atoms with Crippen molar-refractivity contribution in [3.63, 3.8) is 0 Å². The third-order valence-corrected chi connectivity index (χ3v) is 5.64. The minimum absolute atomic E-state index is 0.0427. The van der Waals surface area contributed by atoms with Crippen LogP contribution in [-0.4, -0.2) is 33.1 Å². The Morgan fingerprint density at radius 1 is 1.17 bits per heavy atom. The second-order valence-corrected chi connectivity index (χ2v) is 7.37. The van der Waals surface area contributed by atoms with Gasteiger partial charge in [-0.2, -0.15) is 0 Å². The Morgan fingerprint density at radius 3 is 2.39 bits per heavy atom. The molecule has 124 valence electrons. The van der Waals surface area contributed by atoms with Crippen molar-refractivity contribution in [1.29, 1.82) is 0 Å². The molecule has 0 spiro atoms. The van der Waals surface area contributed by atoms with Crippen molar-refractivity contribution in [2.75, 3.05) is 18.5 Å². The fraction of sp³-hybridized carbons (Fsp3) is 0.312. The van der Waals surface area contributed by atoms with Crippen LogP contribution in [0.15, 0.2) is 35.4 Å². The molecular formula is C16H20N2O4S. The van der Waals surface area contributed by atoms with E-state index >= 15 is 0 Å². The smallest absolute Gasteiger partial charge is 0.354 e. The SMILES string of the molecule is COC(=O)c1cc(S(=O)(=O)N(C)c2ccc(C)c(C)c2)cn1C. The first kappa shape index (κ1) is 17.1.